The second-order valence-corrected chi connectivity index (χ2v) is 9.68. The second-order valence-electron chi connectivity index (χ2n) is 9.68. The normalized spacial score (nSPS) is 18.7. The summed E-state index contributed by atoms with van der Waals surface area (Å²) < 4.78 is 35.5. The molecule has 2 fully saturated rings. The molecule has 0 saturated heterocycles. The molecule has 2 saturated carbocycles. The number of nitrogens with one attached hydrogen (secondary N) is 2. The maximum absolute atomic E-state index is 15.0. The van der Waals surface area contributed by atoms with Crippen molar-refractivity contribution in [3.8, 4) is 11.1 Å². The van der Waals surface area contributed by atoms with Crippen molar-refractivity contribution in [3.05, 3.63) is 59.7 Å². The number of alkyl halides is 2. The number of hydrogen-bond donors (Lipinski definition) is 3. The van der Waals surface area contributed by atoms with Crippen molar-refractivity contribution in [1.82, 2.24) is 10.6 Å². The van der Waals surface area contributed by atoms with Crippen LogP contribution in [0.1, 0.15) is 42.7 Å². The van der Waals surface area contributed by atoms with Crippen LogP contribution in [0.2, 0.25) is 0 Å². The van der Waals surface area contributed by atoms with E-state index >= 15 is 8.78 Å². The molecule has 0 heterocycles. The summed E-state index contributed by atoms with van der Waals surface area (Å²) >= 11 is 0. The number of rotatable bonds is 9. The molecule has 7 nitrogen and oxygen atoms in total. The molecule has 1 unspecified atom stereocenters. The number of amides is 2. The molecule has 0 aromatic heterocycles. The van der Waals surface area contributed by atoms with Crippen LogP contribution in [0.4, 0.5) is 13.6 Å². The third kappa shape index (κ3) is 4.35. The maximum Gasteiger partial charge on any atom is 0.407 e. The fourth-order valence-electron chi connectivity index (χ4n) is 4.83. The van der Waals surface area contributed by atoms with E-state index < -0.39 is 41.3 Å². The zero-order chi connectivity index (χ0) is 24.8. The molecule has 0 radical (unpaired) electrons. The van der Waals surface area contributed by atoms with Gasteiger partial charge in [-0.1, -0.05) is 48.5 Å². The number of alkyl carbamates (subject to hydrolysis) is 1. The summed E-state index contributed by atoms with van der Waals surface area (Å²) in [5.41, 5.74) is 2.92. The number of hydrogen-bond acceptors (Lipinski definition) is 4. The minimum atomic E-state index is -3.90. The summed E-state index contributed by atoms with van der Waals surface area (Å²) in [5, 5.41) is 13.5. The molecule has 1 atom stereocenters. The highest BCUT2D eigenvalue weighted by Crippen LogP contribution is 2.46. The quantitative estimate of drug-likeness (QED) is 0.501. The van der Waals surface area contributed by atoms with Gasteiger partial charge < -0.3 is 20.5 Å². The Labute approximate surface area is 200 Å². The van der Waals surface area contributed by atoms with Gasteiger partial charge in [-0.25, -0.2) is 4.79 Å². The van der Waals surface area contributed by atoms with Gasteiger partial charge in [0.15, 0.2) is 0 Å². The van der Waals surface area contributed by atoms with E-state index in [1.807, 2.05) is 48.5 Å². The summed E-state index contributed by atoms with van der Waals surface area (Å²) in [4.78, 5) is 36.2. The van der Waals surface area contributed by atoms with Gasteiger partial charge in [0, 0.05) is 12.5 Å². The number of halogens is 2. The Hall–Kier alpha value is -3.49. The van der Waals surface area contributed by atoms with Gasteiger partial charge in [0.1, 0.15) is 12.6 Å². The molecule has 3 aliphatic carbocycles. The van der Waals surface area contributed by atoms with Crippen molar-refractivity contribution in [1.29, 1.82) is 0 Å². The van der Waals surface area contributed by atoms with E-state index in [0.29, 0.717) is 25.7 Å². The minimum absolute atomic E-state index is 0.0316. The van der Waals surface area contributed by atoms with Crippen LogP contribution in [-0.4, -0.2) is 48.2 Å². The van der Waals surface area contributed by atoms with E-state index in [9.17, 15) is 19.5 Å². The summed E-state index contributed by atoms with van der Waals surface area (Å²) in [6.45, 7) is -0.394. The van der Waals surface area contributed by atoms with E-state index in [1.54, 1.807) is 0 Å². The molecule has 3 aliphatic rings. The molecule has 3 N–H and O–H groups in total. The molecule has 184 valence electrons. The number of fused-ring (bicyclic) bond motifs is 3. The van der Waals surface area contributed by atoms with Crippen LogP contribution in [0.25, 0.3) is 11.1 Å². The van der Waals surface area contributed by atoms with Crippen molar-refractivity contribution >= 4 is 18.0 Å². The highest BCUT2D eigenvalue weighted by atomic mass is 19.3. The van der Waals surface area contributed by atoms with Crippen LogP contribution in [-0.2, 0) is 14.3 Å². The second kappa shape index (κ2) is 8.62. The number of carbonyl (C=O) groups is 3. The largest absolute Gasteiger partial charge is 0.481 e. The van der Waals surface area contributed by atoms with Crippen molar-refractivity contribution < 1.29 is 33.0 Å². The van der Waals surface area contributed by atoms with E-state index in [4.69, 9.17) is 4.74 Å². The van der Waals surface area contributed by atoms with Gasteiger partial charge in [0.2, 0.25) is 0 Å². The van der Waals surface area contributed by atoms with Crippen LogP contribution < -0.4 is 10.6 Å². The Bertz CT molecular complexity index is 1130. The van der Waals surface area contributed by atoms with E-state index in [0.717, 1.165) is 22.3 Å². The molecular formula is C26H26F2N2O5. The Kier molecular flexibility index (Phi) is 5.73. The van der Waals surface area contributed by atoms with Crippen molar-refractivity contribution in [2.75, 3.05) is 13.2 Å². The Morgan fingerprint density at radius 3 is 2.11 bits per heavy atom. The highest BCUT2D eigenvalue weighted by Gasteiger charge is 2.56. The lowest BCUT2D eigenvalue weighted by Gasteiger charge is -2.27. The number of ether oxygens (including phenoxy) is 1. The average molecular weight is 484 g/mol. The molecule has 0 aliphatic heterocycles. The number of carbonyl (C=O) groups excluding carboxylic acids is 2. The molecule has 0 spiro atoms. The van der Waals surface area contributed by atoms with Crippen LogP contribution in [0, 0.1) is 11.3 Å². The molecule has 2 aromatic carbocycles. The number of carboxylic acid groups (broad SMARTS) is 1. The van der Waals surface area contributed by atoms with E-state index in [1.165, 1.54) is 0 Å². The molecule has 2 aromatic rings. The van der Waals surface area contributed by atoms with Gasteiger partial charge >= 0.3 is 18.0 Å². The average Bonchev–Trinajstić information content (AvgIpc) is 3.77. The van der Waals surface area contributed by atoms with Crippen LogP contribution >= 0.6 is 0 Å². The first-order chi connectivity index (χ1) is 16.7. The zero-order valence-electron chi connectivity index (χ0n) is 18.9. The summed E-state index contributed by atoms with van der Waals surface area (Å²) in [6, 6.07) is 13.8. The number of benzene rings is 2. The van der Waals surface area contributed by atoms with Crippen molar-refractivity contribution in [2.45, 2.75) is 43.6 Å². The SMILES string of the molecule is O=C(NC(C1CC1)C(F)(F)C(=O)NCC1(C(=O)O)CC1)OCC1c2ccccc2-c2ccccc21. The first-order valence-electron chi connectivity index (χ1n) is 11.7. The van der Waals surface area contributed by atoms with Gasteiger partial charge in [0.05, 0.1) is 5.41 Å². The topological polar surface area (TPSA) is 105 Å². The highest BCUT2D eigenvalue weighted by molar-refractivity contribution is 5.86. The number of carboxylic acids is 1. The summed E-state index contributed by atoms with van der Waals surface area (Å²) in [7, 11) is 0. The molecule has 5 rings (SSSR count). The Morgan fingerprint density at radius 1 is 1.03 bits per heavy atom. The van der Waals surface area contributed by atoms with E-state index in [-0.39, 0.29) is 19.1 Å². The molecule has 2 amide bonds. The van der Waals surface area contributed by atoms with Crippen molar-refractivity contribution in [2.24, 2.45) is 11.3 Å². The number of aliphatic carboxylic acids is 1. The van der Waals surface area contributed by atoms with Gasteiger partial charge in [-0.3, -0.25) is 9.59 Å². The first kappa shape index (κ1) is 23.3. The van der Waals surface area contributed by atoms with Gasteiger partial charge in [-0.2, -0.15) is 8.78 Å². The fourth-order valence-corrected chi connectivity index (χ4v) is 4.83. The molecule has 0 bridgehead atoms. The van der Waals surface area contributed by atoms with Gasteiger partial charge in [-0.15, -0.1) is 0 Å². The third-order valence-electron chi connectivity index (χ3n) is 7.30. The lowest BCUT2D eigenvalue weighted by molar-refractivity contribution is -0.152. The molecule has 35 heavy (non-hydrogen) atoms. The first-order valence-corrected chi connectivity index (χ1v) is 11.7. The Balaban J connectivity index is 1.23. The predicted octanol–water partition coefficient (Wildman–Crippen LogP) is 3.92. The van der Waals surface area contributed by atoms with E-state index in [2.05, 4.69) is 10.6 Å². The lowest BCUT2D eigenvalue weighted by atomic mass is 9.98. The van der Waals surface area contributed by atoms with Crippen molar-refractivity contribution in [3.63, 3.8) is 0 Å². The molecule has 9 heteroatoms. The summed E-state index contributed by atoms with van der Waals surface area (Å²) in [6.07, 6.45) is 0.559. The van der Waals surface area contributed by atoms with Crippen LogP contribution in [0.5, 0.6) is 0 Å². The smallest absolute Gasteiger partial charge is 0.407 e. The molecular weight excluding hydrogens is 458 g/mol. The van der Waals surface area contributed by atoms with Gasteiger partial charge in [0.25, 0.3) is 5.91 Å². The zero-order valence-corrected chi connectivity index (χ0v) is 18.9. The van der Waals surface area contributed by atoms with Gasteiger partial charge in [-0.05, 0) is 53.9 Å². The standard InChI is InChI=1S/C26H26F2N2O5/c27-26(28,22(31)29-14-25(11-12-25)23(32)33)21(15-9-10-15)30-24(34)35-13-20-18-7-3-1-5-16(18)17-6-2-4-8-19(17)20/h1-8,15,20-21H,9-14H2,(H,29,31)(H,30,34)(H,32,33). The minimum Gasteiger partial charge on any atom is -0.481 e. The van der Waals surface area contributed by atoms with Crippen LogP contribution in [0.15, 0.2) is 48.5 Å². The third-order valence-corrected chi connectivity index (χ3v) is 7.30. The predicted molar refractivity (Wildman–Crippen MR) is 122 cm³/mol. The maximum atomic E-state index is 15.0. The monoisotopic (exact) mass is 484 g/mol. The fraction of sp³-hybridized carbons (Fsp3) is 0.423. The lowest BCUT2D eigenvalue weighted by Crippen LogP contribution is -2.57. The summed E-state index contributed by atoms with van der Waals surface area (Å²) in [5.74, 6) is -7.37. The van der Waals surface area contributed by atoms with Crippen LogP contribution in [0.3, 0.4) is 0 Å². The Morgan fingerprint density at radius 2 is 1.60 bits per heavy atom.